The minimum Gasteiger partial charge on any atom is -0.335 e. The van der Waals surface area contributed by atoms with Crippen LogP contribution in [0.2, 0.25) is 0 Å². The van der Waals surface area contributed by atoms with Crippen molar-refractivity contribution in [2.75, 3.05) is 19.6 Å². The number of piperazine rings is 1. The molecular weight excluding hydrogens is 236 g/mol. The summed E-state index contributed by atoms with van der Waals surface area (Å²) in [7, 11) is 0. The summed E-state index contributed by atoms with van der Waals surface area (Å²) < 4.78 is 0. The van der Waals surface area contributed by atoms with E-state index >= 15 is 0 Å². The second-order valence-corrected chi connectivity index (χ2v) is 7.53. The van der Waals surface area contributed by atoms with E-state index in [4.69, 9.17) is 0 Å². The zero-order chi connectivity index (χ0) is 14.1. The molecule has 0 unspecified atom stereocenters. The molecule has 3 nitrogen and oxygen atoms in total. The molecule has 19 heavy (non-hydrogen) atoms. The van der Waals surface area contributed by atoms with Gasteiger partial charge in [0.05, 0.1) is 0 Å². The van der Waals surface area contributed by atoms with E-state index in [0.717, 1.165) is 38.9 Å². The van der Waals surface area contributed by atoms with Crippen LogP contribution in [0.15, 0.2) is 0 Å². The van der Waals surface area contributed by atoms with E-state index in [1.165, 1.54) is 12.8 Å². The molecule has 1 amide bonds. The Morgan fingerprint density at radius 3 is 2.42 bits per heavy atom. The lowest BCUT2D eigenvalue weighted by atomic mass is 9.76. The molecule has 1 saturated carbocycles. The van der Waals surface area contributed by atoms with Gasteiger partial charge in [0.1, 0.15) is 0 Å². The van der Waals surface area contributed by atoms with Crippen molar-refractivity contribution in [3.8, 4) is 0 Å². The van der Waals surface area contributed by atoms with Gasteiger partial charge in [0.2, 0.25) is 5.91 Å². The van der Waals surface area contributed by atoms with Crippen molar-refractivity contribution >= 4 is 5.91 Å². The van der Waals surface area contributed by atoms with Gasteiger partial charge < -0.3 is 10.2 Å². The molecule has 0 spiro atoms. The van der Waals surface area contributed by atoms with Gasteiger partial charge in [-0.1, -0.05) is 26.7 Å². The summed E-state index contributed by atoms with van der Waals surface area (Å²) >= 11 is 0. The van der Waals surface area contributed by atoms with Crippen molar-refractivity contribution in [3.05, 3.63) is 0 Å². The maximum atomic E-state index is 13.2. The van der Waals surface area contributed by atoms with E-state index in [2.05, 4.69) is 37.9 Å². The molecule has 2 rings (SSSR count). The number of nitrogens with zero attached hydrogens (tertiary/aromatic N) is 1. The first-order chi connectivity index (χ1) is 8.87. The second kappa shape index (κ2) is 5.43. The fourth-order valence-electron chi connectivity index (χ4n) is 3.98. The van der Waals surface area contributed by atoms with Crippen molar-refractivity contribution in [2.45, 2.75) is 65.3 Å². The Morgan fingerprint density at radius 2 is 1.89 bits per heavy atom. The van der Waals surface area contributed by atoms with Crippen LogP contribution in [0.3, 0.4) is 0 Å². The summed E-state index contributed by atoms with van der Waals surface area (Å²) in [5, 5.41) is 3.41. The molecule has 1 aliphatic heterocycles. The number of hydrogen-bond donors (Lipinski definition) is 1. The second-order valence-electron chi connectivity index (χ2n) is 7.53. The lowest BCUT2D eigenvalue weighted by Gasteiger charge is -2.47. The van der Waals surface area contributed by atoms with Crippen LogP contribution in [0, 0.1) is 11.3 Å². The molecule has 1 saturated heterocycles. The minimum atomic E-state index is -0.0528. The minimum absolute atomic E-state index is 0.0398. The Hall–Kier alpha value is -0.570. The van der Waals surface area contributed by atoms with Crippen LogP contribution < -0.4 is 5.32 Å². The molecule has 1 N–H and O–H groups in total. The highest BCUT2D eigenvalue weighted by molar-refractivity contribution is 5.84. The smallest absolute Gasteiger partial charge is 0.229 e. The van der Waals surface area contributed by atoms with Crippen molar-refractivity contribution in [3.63, 3.8) is 0 Å². The maximum Gasteiger partial charge on any atom is 0.229 e. The predicted octanol–water partition coefficient (Wildman–Crippen LogP) is 2.80. The number of carbonyl (C=O) groups is 1. The Balaban J connectivity index is 2.19. The molecule has 0 aromatic rings. The molecule has 0 aromatic carbocycles. The van der Waals surface area contributed by atoms with Crippen LogP contribution in [0.1, 0.15) is 59.8 Å². The van der Waals surface area contributed by atoms with Crippen molar-refractivity contribution < 1.29 is 4.79 Å². The number of nitrogens with one attached hydrogen (secondary N) is 1. The van der Waals surface area contributed by atoms with Crippen LogP contribution in [0.25, 0.3) is 0 Å². The molecule has 1 aliphatic carbocycles. The third kappa shape index (κ3) is 2.96. The molecule has 1 heterocycles. The number of carbonyl (C=O) groups excluding carboxylic acids is 1. The summed E-state index contributed by atoms with van der Waals surface area (Å²) in [6.07, 6.45) is 5.72. The summed E-state index contributed by atoms with van der Waals surface area (Å²) in [4.78, 5) is 15.3. The summed E-state index contributed by atoms with van der Waals surface area (Å²) in [5.41, 5.74) is -0.0926. The van der Waals surface area contributed by atoms with Crippen LogP contribution >= 0.6 is 0 Å². The van der Waals surface area contributed by atoms with E-state index < -0.39 is 0 Å². The van der Waals surface area contributed by atoms with Gasteiger partial charge in [-0.05, 0) is 39.0 Å². The largest absolute Gasteiger partial charge is 0.335 e. The Bertz CT molecular complexity index is 330. The van der Waals surface area contributed by atoms with Crippen LogP contribution in [0.4, 0.5) is 0 Å². The average molecular weight is 266 g/mol. The summed E-state index contributed by atoms with van der Waals surface area (Å²) in [6.45, 7) is 11.6. The van der Waals surface area contributed by atoms with Crippen molar-refractivity contribution in [1.82, 2.24) is 10.2 Å². The monoisotopic (exact) mass is 266 g/mol. The first-order valence-electron chi connectivity index (χ1n) is 7.90. The highest BCUT2D eigenvalue weighted by Gasteiger charge is 2.47. The standard InChI is InChI=1S/C16H30N2O/c1-13(2)11-16(7-5-6-8-16)14(19)18-10-9-17-12-15(18,3)4/h13,17H,5-12H2,1-4H3. The molecule has 0 bridgehead atoms. The first kappa shape index (κ1) is 14.8. The third-order valence-electron chi connectivity index (χ3n) is 4.86. The highest BCUT2D eigenvalue weighted by Crippen LogP contribution is 2.45. The summed E-state index contributed by atoms with van der Waals surface area (Å²) in [6, 6.07) is 0. The van der Waals surface area contributed by atoms with Crippen LogP contribution in [-0.4, -0.2) is 36.0 Å². The Labute approximate surface area is 118 Å². The van der Waals surface area contributed by atoms with Gasteiger partial charge in [-0.25, -0.2) is 0 Å². The fourth-order valence-corrected chi connectivity index (χ4v) is 3.98. The third-order valence-corrected chi connectivity index (χ3v) is 4.86. The first-order valence-corrected chi connectivity index (χ1v) is 7.90. The van der Waals surface area contributed by atoms with E-state index in [9.17, 15) is 4.79 Å². The molecule has 110 valence electrons. The molecule has 0 atom stereocenters. The molecule has 2 aliphatic rings. The van der Waals surface area contributed by atoms with Crippen LogP contribution in [-0.2, 0) is 4.79 Å². The van der Waals surface area contributed by atoms with Crippen LogP contribution in [0.5, 0.6) is 0 Å². The van der Waals surface area contributed by atoms with E-state index in [0.29, 0.717) is 11.8 Å². The van der Waals surface area contributed by atoms with Gasteiger partial charge in [0.15, 0.2) is 0 Å². The SMILES string of the molecule is CC(C)CC1(C(=O)N2CCNCC2(C)C)CCCC1. The van der Waals surface area contributed by atoms with E-state index in [1.807, 2.05) is 0 Å². The van der Waals surface area contributed by atoms with Gasteiger partial charge in [-0.3, -0.25) is 4.79 Å². The Morgan fingerprint density at radius 1 is 1.26 bits per heavy atom. The number of rotatable bonds is 3. The maximum absolute atomic E-state index is 13.2. The Kier molecular flexibility index (Phi) is 4.24. The van der Waals surface area contributed by atoms with Gasteiger partial charge in [-0.15, -0.1) is 0 Å². The van der Waals surface area contributed by atoms with Gasteiger partial charge >= 0.3 is 0 Å². The van der Waals surface area contributed by atoms with Crippen molar-refractivity contribution in [1.29, 1.82) is 0 Å². The number of amides is 1. The number of hydrogen-bond acceptors (Lipinski definition) is 2. The molecule has 2 fully saturated rings. The topological polar surface area (TPSA) is 32.3 Å². The zero-order valence-corrected chi connectivity index (χ0v) is 13.1. The van der Waals surface area contributed by atoms with E-state index in [1.54, 1.807) is 0 Å². The average Bonchev–Trinajstić information content (AvgIpc) is 2.76. The summed E-state index contributed by atoms with van der Waals surface area (Å²) in [5.74, 6) is 1.04. The molecule has 0 radical (unpaired) electrons. The molecular formula is C16H30N2O. The zero-order valence-electron chi connectivity index (χ0n) is 13.1. The molecule has 3 heteroatoms. The van der Waals surface area contributed by atoms with Gasteiger partial charge in [0, 0.05) is 30.6 Å². The van der Waals surface area contributed by atoms with Crippen molar-refractivity contribution in [2.24, 2.45) is 11.3 Å². The fraction of sp³-hybridized carbons (Fsp3) is 0.938. The quantitative estimate of drug-likeness (QED) is 0.852. The highest BCUT2D eigenvalue weighted by atomic mass is 16.2. The van der Waals surface area contributed by atoms with Gasteiger partial charge in [0.25, 0.3) is 0 Å². The van der Waals surface area contributed by atoms with Gasteiger partial charge in [-0.2, -0.15) is 0 Å². The lowest BCUT2D eigenvalue weighted by Crippen LogP contribution is -2.62. The van der Waals surface area contributed by atoms with E-state index in [-0.39, 0.29) is 11.0 Å². The molecule has 0 aromatic heterocycles. The predicted molar refractivity (Wildman–Crippen MR) is 79.0 cm³/mol. The normalized spacial score (nSPS) is 25.8. The lowest BCUT2D eigenvalue weighted by molar-refractivity contribution is -0.150.